The van der Waals surface area contributed by atoms with Crippen LogP contribution in [0.5, 0.6) is 0 Å². The lowest BCUT2D eigenvalue weighted by atomic mass is 10.1. The maximum absolute atomic E-state index is 12.5. The Bertz CT molecular complexity index is 1030. The van der Waals surface area contributed by atoms with Crippen LogP contribution in [0.15, 0.2) is 66.9 Å². The van der Waals surface area contributed by atoms with Crippen LogP contribution in [0, 0.1) is 0 Å². The molecule has 0 fully saturated rings. The van der Waals surface area contributed by atoms with Gasteiger partial charge < -0.3 is 15.5 Å². The second kappa shape index (κ2) is 10.5. The van der Waals surface area contributed by atoms with Gasteiger partial charge in [0.1, 0.15) is 5.69 Å². The molecule has 0 saturated heterocycles. The number of nitrogens with zero attached hydrogens (tertiary/aromatic N) is 2. The lowest BCUT2D eigenvalue weighted by Gasteiger charge is -2.14. The van der Waals surface area contributed by atoms with Gasteiger partial charge in [0.15, 0.2) is 0 Å². The molecule has 3 rings (SSSR count). The van der Waals surface area contributed by atoms with Gasteiger partial charge in [-0.2, -0.15) is 0 Å². The first kappa shape index (κ1) is 22.2. The molecule has 0 unspecified atom stereocenters. The Morgan fingerprint density at radius 1 is 0.903 bits per heavy atom. The molecule has 0 aliphatic heterocycles. The standard InChI is InChI=1S/C25H28N4O2/c1-4-18-8-10-19(11-9-18)16-26-17-20-13-21(25(31)29(2)3)15-22(14-20)28-24(30)23-7-5-6-12-27-23/h5-15,26H,4,16-17H2,1-3H3,(H,28,30). The molecule has 0 aliphatic carbocycles. The van der Waals surface area contributed by atoms with Gasteiger partial charge in [-0.25, -0.2) is 0 Å². The summed E-state index contributed by atoms with van der Waals surface area (Å²) in [5.74, 6) is -0.435. The molecular formula is C25H28N4O2. The smallest absolute Gasteiger partial charge is 0.274 e. The average molecular weight is 417 g/mol. The lowest BCUT2D eigenvalue weighted by Crippen LogP contribution is -2.23. The van der Waals surface area contributed by atoms with Crippen LogP contribution in [-0.2, 0) is 19.5 Å². The predicted octanol–water partition coefficient (Wildman–Crippen LogP) is 3.89. The van der Waals surface area contributed by atoms with Crippen molar-refractivity contribution in [1.29, 1.82) is 0 Å². The van der Waals surface area contributed by atoms with Gasteiger partial charge in [-0.15, -0.1) is 0 Å². The SMILES string of the molecule is CCc1ccc(CNCc2cc(NC(=O)c3ccccn3)cc(C(=O)N(C)C)c2)cc1. The number of benzene rings is 2. The number of carbonyl (C=O) groups is 2. The van der Waals surface area contributed by atoms with E-state index in [1.807, 2.05) is 12.1 Å². The second-order valence-corrected chi connectivity index (χ2v) is 7.56. The van der Waals surface area contributed by atoms with Crippen molar-refractivity contribution in [3.8, 4) is 0 Å². The first-order valence-electron chi connectivity index (χ1n) is 10.3. The Kier molecular flexibility index (Phi) is 7.51. The molecule has 0 atom stereocenters. The van der Waals surface area contributed by atoms with Crippen molar-refractivity contribution in [2.24, 2.45) is 0 Å². The van der Waals surface area contributed by atoms with Crippen LogP contribution < -0.4 is 10.6 Å². The van der Waals surface area contributed by atoms with Crippen LogP contribution in [0.4, 0.5) is 5.69 Å². The van der Waals surface area contributed by atoms with E-state index in [0.717, 1.165) is 12.0 Å². The molecule has 0 spiro atoms. The van der Waals surface area contributed by atoms with Crippen molar-refractivity contribution in [2.45, 2.75) is 26.4 Å². The summed E-state index contributed by atoms with van der Waals surface area (Å²) in [4.78, 5) is 30.6. The van der Waals surface area contributed by atoms with Gasteiger partial charge in [0.25, 0.3) is 11.8 Å². The van der Waals surface area contributed by atoms with Crippen molar-refractivity contribution in [1.82, 2.24) is 15.2 Å². The number of nitrogens with one attached hydrogen (secondary N) is 2. The zero-order chi connectivity index (χ0) is 22.2. The fraction of sp³-hybridized carbons (Fsp3) is 0.240. The summed E-state index contributed by atoms with van der Waals surface area (Å²) < 4.78 is 0. The van der Waals surface area contributed by atoms with Crippen molar-refractivity contribution >= 4 is 17.5 Å². The molecule has 0 bridgehead atoms. The van der Waals surface area contributed by atoms with Gasteiger partial charge in [-0.3, -0.25) is 14.6 Å². The van der Waals surface area contributed by atoms with Crippen molar-refractivity contribution in [3.63, 3.8) is 0 Å². The summed E-state index contributed by atoms with van der Waals surface area (Å²) in [5, 5.41) is 6.27. The van der Waals surface area contributed by atoms with E-state index in [1.165, 1.54) is 16.0 Å². The third kappa shape index (κ3) is 6.23. The van der Waals surface area contributed by atoms with Crippen molar-refractivity contribution in [3.05, 3.63) is 94.8 Å². The van der Waals surface area contributed by atoms with Crippen LogP contribution in [0.2, 0.25) is 0 Å². The van der Waals surface area contributed by atoms with Gasteiger partial charge >= 0.3 is 0 Å². The fourth-order valence-electron chi connectivity index (χ4n) is 3.18. The van der Waals surface area contributed by atoms with Gasteiger partial charge in [-0.1, -0.05) is 37.3 Å². The third-order valence-electron chi connectivity index (χ3n) is 4.89. The average Bonchev–Trinajstić information content (AvgIpc) is 2.79. The second-order valence-electron chi connectivity index (χ2n) is 7.56. The molecular weight excluding hydrogens is 388 g/mol. The fourth-order valence-corrected chi connectivity index (χ4v) is 3.18. The summed E-state index contributed by atoms with van der Waals surface area (Å²) in [6, 6.07) is 19.1. The number of aryl methyl sites for hydroxylation is 1. The molecule has 1 heterocycles. The van der Waals surface area contributed by atoms with E-state index < -0.39 is 0 Å². The number of anilines is 1. The lowest BCUT2D eigenvalue weighted by molar-refractivity contribution is 0.0827. The molecule has 0 radical (unpaired) electrons. The predicted molar refractivity (Wildman–Crippen MR) is 123 cm³/mol. The Labute approximate surface area is 183 Å². The maximum Gasteiger partial charge on any atom is 0.274 e. The number of hydrogen-bond acceptors (Lipinski definition) is 4. The summed E-state index contributed by atoms with van der Waals surface area (Å²) in [6.07, 6.45) is 2.59. The molecule has 2 N–H and O–H groups in total. The van der Waals surface area contributed by atoms with Crippen LogP contribution in [0.1, 0.15) is 44.5 Å². The van der Waals surface area contributed by atoms with Crippen molar-refractivity contribution < 1.29 is 9.59 Å². The number of amides is 2. The normalized spacial score (nSPS) is 10.5. The van der Waals surface area contributed by atoms with E-state index in [2.05, 4.69) is 46.8 Å². The van der Waals surface area contributed by atoms with Crippen LogP contribution in [0.25, 0.3) is 0 Å². The van der Waals surface area contributed by atoms with Crippen molar-refractivity contribution in [2.75, 3.05) is 19.4 Å². The highest BCUT2D eigenvalue weighted by Gasteiger charge is 2.13. The number of aromatic nitrogens is 1. The highest BCUT2D eigenvalue weighted by atomic mass is 16.2. The molecule has 6 heteroatoms. The first-order chi connectivity index (χ1) is 15.0. The van der Waals surface area contributed by atoms with E-state index in [9.17, 15) is 9.59 Å². The molecule has 160 valence electrons. The molecule has 2 amide bonds. The number of pyridine rings is 1. The molecule has 1 aromatic heterocycles. The van der Waals surface area contributed by atoms with Gasteiger partial charge in [0, 0.05) is 44.6 Å². The Hall–Kier alpha value is -3.51. The summed E-state index contributed by atoms with van der Waals surface area (Å²) in [6.45, 7) is 3.42. The molecule has 3 aromatic rings. The Morgan fingerprint density at radius 2 is 1.61 bits per heavy atom. The third-order valence-corrected chi connectivity index (χ3v) is 4.89. The maximum atomic E-state index is 12.5. The minimum Gasteiger partial charge on any atom is -0.345 e. The molecule has 0 aliphatic rings. The van der Waals surface area contributed by atoms with E-state index >= 15 is 0 Å². The molecule has 0 saturated carbocycles. The van der Waals surface area contributed by atoms with E-state index in [4.69, 9.17) is 0 Å². The number of carbonyl (C=O) groups excluding carboxylic acids is 2. The zero-order valence-electron chi connectivity index (χ0n) is 18.2. The zero-order valence-corrected chi connectivity index (χ0v) is 18.2. The number of hydrogen-bond donors (Lipinski definition) is 2. The topological polar surface area (TPSA) is 74.3 Å². The van der Waals surface area contributed by atoms with Gasteiger partial charge in [0.05, 0.1) is 0 Å². The molecule has 6 nitrogen and oxygen atoms in total. The van der Waals surface area contributed by atoms with Gasteiger partial charge in [0.2, 0.25) is 0 Å². The largest absolute Gasteiger partial charge is 0.345 e. The quantitative estimate of drug-likeness (QED) is 0.584. The number of rotatable bonds is 8. The monoisotopic (exact) mass is 416 g/mol. The summed E-state index contributed by atoms with van der Waals surface area (Å²) >= 11 is 0. The highest BCUT2D eigenvalue weighted by Crippen LogP contribution is 2.18. The van der Waals surface area contributed by atoms with Crippen LogP contribution in [-0.4, -0.2) is 35.8 Å². The summed E-state index contributed by atoms with van der Waals surface area (Å²) in [5.41, 5.74) is 4.82. The minimum atomic E-state index is -0.315. The van der Waals surface area contributed by atoms with E-state index in [0.29, 0.717) is 30.0 Å². The highest BCUT2D eigenvalue weighted by molar-refractivity contribution is 6.04. The van der Waals surface area contributed by atoms with Crippen LogP contribution in [0.3, 0.4) is 0 Å². The Balaban J connectivity index is 1.74. The minimum absolute atomic E-state index is 0.120. The van der Waals surface area contributed by atoms with E-state index in [1.54, 1.807) is 44.6 Å². The summed E-state index contributed by atoms with van der Waals surface area (Å²) in [7, 11) is 3.42. The molecule has 2 aromatic carbocycles. The molecule has 31 heavy (non-hydrogen) atoms. The Morgan fingerprint density at radius 3 is 2.26 bits per heavy atom. The van der Waals surface area contributed by atoms with Gasteiger partial charge in [-0.05, 0) is 53.4 Å². The van der Waals surface area contributed by atoms with E-state index in [-0.39, 0.29) is 11.8 Å². The van der Waals surface area contributed by atoms with Crippen LogP contribution >= 0.6 is 0 Å². The first-order valence-corrected chi connectivity index (χ1v) is 10.3.